The second kappa shape index (κ2) is 4.99. The summed E-state index contributed by atoms with van der Waals surface area (Å²) in [4.78, 5) is 1.24. The molecule has 0 spiro atoms. The molecular weight excluding hydrogens is 259 g/mol. The van der Waals surface area contributed by atoms with Crippen LogP contribution in [0, 0.1) is 12.7 Å². The maximum absolute atomic E-state index is 13.1. The average Bonchev–Trinajstić information content (AvgIpc) is 2.82. The fraction of sp³-hybridized carbons (Fsp3) is 0.250. The quantitative estimate of drug-likeness (QED) is 0.891. The van der Waals surface area contributed by atoms with Gasteiger partial charge in [0, 0.05) is 16.6 Å². The summed E-state index contributed by atoms with van der Waals surface area (Å²) in [5, 5.41) is 10.6. The van der Waals surface area contributed by atoms with E-state index in [-0.39, 0.29) is 11.7 Å². The Morgan fingerprint density at radius 2 is 2.05 bits per heavy atom. The van der Waals surface area contributed by atoms with E-state index < -0.39 is 6.10 Å². The molecule has 98 valence electrons. The van der Waals surface area contributed by atoms with Gasteiger partial charge in [0.25, 0.3) is 0 Å². The van der Waals surface area contributed by atoms with Gasteiger partial charge in [0.2, 0.25) is 0 Å². The molecule has 0 amide bonds. The van der Waals surface area contributed by atoms with E-state index in [1.165, 1.54) is 22.6 Å². The molecule has 0 fully saturated rings. The zero-order valence-corrected chi connectivity index (χ0v) is 11.5. The van der Waals surface area contributed by atoms with Crippen molar-refractivity contribution in [2.75, 3.05) is 5.75 Å². The monoisotopic (exact) mass is 274 g/mol. The summed E-state index contributed by atoms with van der Waals surface area (Å²) < 4.78 is 13.1. The standard InChI is InChI=1S/C16H15FOS/c1-10-8-11(17)6-7-12(10)16(18)14-9-19-15-5-3-2-4-13(14)15/h2-8,14,16,18H,9H2,1H3. The van der Waals surface area contributed by atoms with Gasteiger partial charge in [-0.05, 0) is 41.8 Å². The number of aryl methyl sites for hydroxylation is 1. The maximum atomic E-state index is 13.1. The van der Waals surface area contributed by atoms with Crippen molar-refractivity contribution in [1.82, 2.24) is 0 Å². The van der Waals surface area contributed by atoms with E-state index in [0.29, 0.717) is 0 Å². The zero-order valence-electron chi connectivity index (χ0n) is 10.6. The second-order valence-electron chi connectivity index (χ2n) is 4.90. The van der Waals surface area contributed by atoms with Crippen molar-refractivity contribution in [1.29, 1.82) is 0 Å². The molecule has 1 heterocycles. The number of benzene rings is 2. The summed E-state index contributed by atoms with van der Waals surface area (Å²) in [6, 6.07) is 12.8. The normalized spacial score (nSPS) is 19.2. The Morgan fingerprint density at radius 3 is 2.84 bits per heavy atom. The topological polar surface area (TPSA) is 20.2 Å². The number of hydrogen-bond donors (Lipinski definition) is 1. The van der Waals surface area contributed by atoms with Crippen LogP contribution in [-0.4, -0.2) is 10.9 Å². The number of rotatable bonds is 2. The molecular formula is C16H15FOS. The highest BCUT2D eigenvalue weighted by molar-refractivity contribution is 7.99. The molecule has 2 unspecified atom stereocenters. The lowest BCUT2D eigenvalue weighted by atomic mass is 9.89. The molecule has 2 atom stereocenters. The highest BCUT2D eigenvalue weighted by atomic mass is 32.2. The van der Waals surface area contributed by atoms with Crippen LogP contribution in [0.5, 0.6) is 0 Å². The van der Waals surface area contributed by atoms with Gasteiger partial charge in [-0.3, -0.25) is 0 Å². The van der Waals surface area contributed by atoms with Gasteiger partial charge in [-0.15, -0.1) is 11.8 Å². The predicted octanol–water partition coefficient (Wildman–Crippen LogP) is 4.06. The van der Waals surface area contributed by atoms with Crippen molar-refractivity contribution in [3.63, 3.8) is 0 Å². The SMILES string of the molecule is Cc1cc(F)ccc1C(O)C1CSc2ccccc21. The molecule has 1 aliphatic rings. The molecule has 3 rings (SSSR count). The molecule has 1 nitrogen and oxygen atoms in total. The fourth-order valence-electron chi connectivity index (χ4n) is 2.64. The van der Waals surface area contributed by atoms with E-state index in [4.69, 9.17) is 0 Å². The van der Waals surface area contributed by atoms with Crippen molar-refractivity contribution in [2.45, 2.75) is 23.8 Å². The van der Waals surface area contributed by atoms with Crippen molar-refractivity contribution >= 4 is 11.8 Å². The van der Waals surface area contributed by atoms with Gasteiger partial charge in [-0.25, -0.2) is 4.39 Å². The minimum atomic E-state index is -0.572. The Bertz CT molecular complexity index is 611. The molecule has 0 saturated carbocycles. The van der Waals surface area contributed by atoms with Crippen LogP contribution in [-0.2, 0) is 0 Å². The number of thioether (sulfide) groups is 1. The third kappa shape index (κ3) is 2.28. The molecule has 2 aromatic carbocycles. The lowest BCUT2D eigenvalue weighted by Gasteiger charge is -2.20. The molecule has 1 N–H and O–H groups in total. The van der Waals surface area contributed by atoms with Gasteiger partial charge >= 0.3 is 0 Å². The largest absolute Gasteiger partial charge is 0.388 e. The van der Waals surface area contributed by atoms with E-state index in [2.05, 4.69) is 12.1 Å². The number of fused-ring (bicyclic) bond motifs is 1. The smallest absolute Gasteiger partial charge is 0.123 e. The van der Waals surface area contributed by atoms with Gasteiger partial charge < -0.3 is 5.11 Å². The number of aliphatic hydroxyl groups is 1. The van der Waals surface area contributed by atoms with E-state index >= 15 is 0 Å². The highest BCUT2D eigenvalue weighted by Gasteiger charge is 2.30. The Balaban J connectivity index is 1.95. The van der Waals surface area contributed by atoms with Gasteiger partial charge in [-0.2, -0.15) is 0 Å². The zero-order chi connectivity index (χ0) is 13.4. The summed E-state index contributed by atoms with van der Waals surface area (Å²) in [7, 11) is 0. The van der Waals surface area contributed by atoms with Crippen LogP contribution < -0.4 is 0 Å². The third-order valence-electron chi connectivity index (χ3n) is 3.67. The Morgan fingerprint density at radius 1 is 1.26 bits per heavy atom. The van der Waals surface area contributed by atoms with Crippen LogP contribution >= 0.6 is 11.8 Å². The van der Waals surface area contributed by atoms with Gasteiger partial charge in [0.05, 0.1) is 6.10 Å². The van der Waals surface area contributed by atoms with E-state index in [0.717, 1.165) is 16.9 Å². The van der Waals surface area contributed by atoms with Crippen LogP contribution in [0.4, 0.5) is 4.39 Å². The third-order valence-corrected chi connectivity index (χ3v) is 4.88. The van der Waals surface area contributed by atoms with Gasteiger partial charge in [0.15, 0.2) is 0 Å². The summed E-state index contributed by atoms with van der Waals surface area (Å²) in [6.45, 7) is 1.84. The molecule has 3 heteroatoms. The first-order chi connectivity index (χ1) is 9.16. The molecule has 2 aromatic rings. The average molecular weight is 274 g/mol. The predicted molar refractivity (Wildman–Crippen MR) is 76.0 cm³/mol. The lowest BCUT2D eigenvalue weighted by molar-refractivity contribution is 0.153. The maximum Gasteiger partial charge on any atom is 0.123 e. The molecule has 0 aromatic heterocycles. The van der Waals surface area contributed by atoms with Crippen LogP contribution in [0.3, 0.4) is 0 Å². The first kappa shape index (κ1) is 12.7. The van der Waals surface area contributed by atoms with Crippen molar-refractivity contribution in [3.05, 3.63) is 65.0 Å². The fourth-order valence-corrected chi connectivity index (χ4v) is 3.92. The van der Waals surface area contributed by atoms with E-state index in [1.807, 2.05) is 19.1 Å². The van der Waals surface area contributed by atoms with Gasteiger partial charge in [-0.1, -0.05) is 24.3 Å². The minimum Gasteiger partial charge on any atom is -0.388 e. The van der Waals surface area contributed by atoms with Crippen LogP contribution in [0.2, 0.25) is 0 Å². The highest BCUT2D eigenvalue weighted by Crippen LogP contribution is 2.45. The molecule has 0 bridgehead atoms. The summed E-state index contributed by atoms with van der Waals surface area (Å²) in [5.41, 5.74) is 2.83. The molecule has 1 aliphatic heterocycles. The molecule has 0 aliphatic carbocycles. The van der Waals surface area contributed by atoms with Crippen molar-refractivity contribution in [2.24, 2.45) is 0 Å². The first-order valence-corrected chi connectivity index (χ1v) is 7.31. The first-order valence-electron chi connectivity index (χ1n) is 6.32. The minimum absolute atomic E-state index is 0.0883. The summed E-state index contributed by atoms with van der Waals surface area (Å²) >= 11 is 1.77. The second-order valence-corrected chi connectivity index (χ2v) is 5.96. The number of aliphatic hydroxyl groups excluding tert-OH is 1. The Kier molecular flexibility index (Phi) is 3.33. The van der Waals surface area contributed by atoms with Crippen LogP contribution in [0.1, 0.15) is 28.7 Å². The Labute approximate surface area is 116 Å². The summed E-state index contributed by atoms with van der Waals surface area (Å²) in [5.74, 6) is 0.706. The molecule has 0 radical (unpaired) electrons. The number of hydrogen-bond acceptors (Lipinski definition) is 2. The molecule has 19 heavy (non-hydrogen) atoms. The summed E-state index contributed by atoms with van der Waals surface area (Å²) in [6.07, 6.45) is -0.572. The van der Waals surface area contributed by atoms with Crippen molar-refractivity contribution < 1.29 is 9.50 Å². The van der Waals surface area contributed by atoms with Crippen molar-refractivity contribution in [3.8, 4) is 0 Å². The van der Waals surface area contributed by atoms with Gasteiger partial charge in [0.1, 0.15) is 5.82 Å². The lowest BCUT2D eigenvalue weighted by Crippen LogP contribution is -2.11. The van der Waals surface area contributed by atoms with Crippen LogP contribution in [0.15, 0.2) is 47.4 Å². The number of halogens is 1. The molecule has 0 saturated heterocycles. The Hall–Kier alpha value is -1.32. The van der Waals surface area contributed by atoms with E-state index in [9.17, 15) is 9.50 Å². The van der Waals surface area contributed by atoms with E-state index in [1.54, 1.807) is 17.8 Å². The van der Waals surface area contributed by atoms with Crippen LogP contribution in [0.25, 0.3) is 0 Å².